The summed E-state index contributed by atoms with van der Waals surface area (Å²) in [5.41, 5.74) is 6.57. The summed E-state index contributed by atoms with van der Waals surface area (Å²) in [5.74, 6) is -0.289. The normalized spacial score (nSPS) is 14.9. The zero-order valence-corrected chi connectivity index (χ0v) is 22.1. The van der Waals surface area contributed by atoms with Crippen LogP contribution in [0, 0.1) is 5.41 Å². The summed E-state index contributed by atoms with van der Waals surface area (Å²) >= 11 is 0. The van der Waals surface area contributed by atoms with Crippen LogP contribution in [0.2, 0.25) is 0 Å². The molecular formula is C28H32N4O6S. The van der Waals surface area contributed by atoms with Crippen LogP contribution in [0.5, 0.6) is 11.5 Å². The SMILES string of the molecule is N=C(N)c1cccc(OC[C@H](Cc2ccc(OC3CCNCC3)cc2)NS(=O)(=O)c2ccccc2C(=O)O)c1. The molecule has 10 nitrogen and oxygen atoms in total. The Morgan fingerprint density at radius 3 is 2.46 bits per heavy atom. The van der Waals surface area contributed by atoms with Gasteiger partial charge in [0.15, 0.2) is 0 Å². The van der Waals surface area contributed by atoms with Gasteiger partial charge in [-0.2, -0.15) is 0 Å². The van der Waals surface area contributed by atoms with Gasteiger partial charge in [0.25, 0.3) is 0 Å². The number of hydrogen-bond acceptors (Lipinski definition) is 7. The maximum Gasteiger partial charge on any atom is 0.337 e. The molecule has 0 spiro atoms. The number of piperidine rings is 1. The maximum absolute atomic E-state index is 13.3. The maximum atomic E-state index is 13.3. The van der Waals surface area contributed by atoms with Crippen molar-refractivity contribution in [1.82, 2.24) is 10.0 Å². The van der Waals surface area contributed by atoms with Crippen LogP contribution in [0.25, 0.3) is 0 Å². The lowest BCUT2D eigenvalue weighted by Gasteiger charge is -2.24. The molecule has 1 aliphatic heterocycles. The van der Waals surface area contributed by atoms with Crippen LogP contribution in [0.1, 0.15) is 34.3 Å². The molecule has 0 saturated carbocycles. The molecule has 0 amide bonds. The van der Waals surface area contributed by atoms with E-state index in [1.165, 1.54) is 24.3 Å². The number of nitrogen functional groups attached to an aromatic ring is 1. The van der Waals surface area contributed by atoms with Crippen LogP contribution < -0.4 is 25.2 Å². The topological polar surface area (TPSA) is 164 Å². The van der Waals surface area contributed by atoms with Crippen LogP contribution in [-0.2, 0) is 16.4 Å². The highest BCUT2D eigenvalue weighted by atomic mass is 32.2. The van der Waals surface area contributed by atoms with Crippen molar-refractivity contribution in [2.24, 2.45) is 5.73 Å². The third kappa shape index (κ3) is 7.79. The van der Waals surface area contributed by atoms with E-state index in [2.05, 4.69) is 10.0 Å². The lowest BCUT2D eigenvalue weighted by Crippen LogP contribution is -2.41. The van der Waals surface area contributed by atoms with E-state index in [1.54, 1.807) is 24.3 Å². The Labute approximate surface area is 227 Å². The Balaban J connectivity index is 1.53. The van der Waals surface area contributed by atoms with Crippen LogP contribution in [0.4, 0.5) is 0 Å². The molecule has 0 aromatic heterocycles. The lowest BCUT2D eigenvalue weighted by molar-refractivity contribution is 0.0692. The van der Waals surface area contributed by atoms with Gasteiger partial charge < -0.3 is 25.6 Å². The minimum Gasteiger partial charge on any atom is -0.492 e. The van der Waals surface area contributed by atoms with Gasteiger partial charge in [0.05, 0.1) is 16.5 Å². The summed E-state index contributed by atoms with van der Waals surface area (Å²) in [4.78, 5) is 11.3. The molecule has 6 N–H and O–H groups in total. The molecule has 1 heterocycles. The second-order valence-electron chi connectivity index (χ2n) is 9.29. The van der Waals surface area contributed by atoms with Gasteiger partial charge in [-0.3, -0.25) is 5.41 Å². The third-order valence-electron chi connectivity index (χ3n) is 6.32. The van der Waals surface area contributed by atoms with E-state index >= 15 is 0 Å². The molecule has 0 radical (unpaired) electrons. The van der Waals surface area contributed by atoms with Crippen molar-refractivity contribution in [3.63, 3.8) is 0 Å². The zero-order valence-electron chi connectivity index (χ0n) is 21.3. The molecule has 0 unspecified atom stereocenters. The van der Waals surface area contributed by atoms with Crippen molar-refractivity contribution in [3.05, 3.63) is 89.5 Å². The number of nitrogens with one attached hydrogen (secondary N) is 3. The van der Waals surface area contributed by atoms with E-state index < -0.39 is 22.0 Å². The first kappa shape index (κ1) is 28.1. The zero-order chi connectivity index (χ0) is 27.8. The van der Waals surface area contributed by atoms with Gasteiger partial charge in [0.2, 0.25) is 10.0 Å². The predicted octanol–water partition coefficient (Wildman–Crippen LogP) is 2.77. The number of benzene rings is 3. The van der Waals surface area contributed by atoms with Crippen molar-refractivity contribution >= 4 is 21.8 Å². The average molecular weight is 553 g/mol. The smallest absolute Gasteiger partial charge is 0.337 e. The molecule has 0 bridgehead atoms. The number of ether oxygens (including phenoxy) is 2. The van der Waals surface area contributed by atoms with Crippen molar-refractivity contribution in [2.45, 2.75) is 36.3 Å². The largest absolute Gasteiger partial charge is 0.492 e. The Kier molecular flexibility index (Phi) is 9.18. The molecule has 3 aromatic rings. The summed E-state index contributed by atoms with van der Waals surface area (Å²) in [6.07, 6.45) is 2.30. The van der Waals surface area contributed by atoms with Crippen LogP contribution >= 0.6 is 0 Å². The number of rotatable bonds is 12. The molecule has 1 atom stereocenters. The number of hydrogen-bond donors (Lipinski definition) is 5. The summed E-state index contributed by atoms with van der Waals surface area (Å²) in [7, 11) is -4.20. The Morgan fingerprint density at radius 2 is 1.77 bits per heavy atom. The first-order valence-corrected chi connectivity index (χ1v) is 14.1. The molecule has 11 heteroatoms. The van der Waals surface area contributed by atoms with E-state index in [0.29, 0.717) is 11.3 Å². The first-order valence-electron chi connectivity index (χ1n) is 12.6. The average Bonchev–Trinajstić information content (AvgIpc) is 2.93. The minimum atomic E-state index is -4.20. The van der Waals surface area contributed by atoms with Crippen molar-refractivity contribution in [2.75, 3.05) is 19.7 Å². The standard InChI is InChI=1S/C28H32N4O6S/c29-27(30)20-4-3-5-24(17-20)37-18-21(32-39(35,36)26-7-2-1-6-25(26)28(33)34)16-19-8-10-22(11-9-19)38-23-12-14-31-15-13-23/h1-11,17,21,23,31-32H,12-16,18H2,(H3,29,30)(H,33,34)/t21-/m0/s1. The molecular weight excluding hydrogens is 520 g/mol. The number of amidine groups is 1. The molecule has 3 aromatic carbocycles. The number of carboxylic acid groups (broad SMARTS) is 1. The van der Waals surface area contributed by atoms with Crippen molar-refractivity contribution in [3.8, 4) is 11.5 Å². The van der Waals surface area contributed by atoms with E-state index in [4.69, 9.17) is 20.6 Å². The fraction of sp³-hybridized carbons (Fsp3) is 0.286. The second-order valence-corrected chi connectivity index (χ2v) is 11.0. The summed E-state index contributed by atoms with van der Waals surface area (Å²) < 4.78 is 41.2. The fourth-order valence-corrected chi connectivity index (χ4v) is 5.76. The number of sulfonamides is 1. The van der Waals surface area contributed by atoms with Gasteiger partial charge in [0.1, 0.15) is 30.0 Å². The lowest BCUT2D eigenvalue weighted by atomic mass is 10.1. The fourth-order valence-electron chi connectivity index (χ4n) is 4.34. The summed E-state index contributed by atoms with van der Waals surface area (Å²) in [6, 6.07) is 18.8. The van der Waals surface area contributed by atoms with Gasteiger partial charge in [-0.1, -0.05) is 36.4 Å². The van der Waals surface area contributed by atoms with Gasteiger partial charge in [-0.15, -0.1) is 0 Å². The van der Waals surface area contributed by atoms with Crippen LogP contribution in [-0.4, -0.2) is 57.2 Å². The molecule has 1 fully saturated rings. The summed E-state index contributed by atoms with van der Waals surface area (Å²) in [5, 5.41) is 20.4. The van der Waals surface area contributed by atoms with E-state index in [0.717, 1.165) is 37.2 Å². The third-order valence-corrected chi connectivity index (χ3v) is 7.90. The van der Waals surface area contributed by atoms with Gasteiger partial charge >= 0.3 is 5.97 Å². The number of aromatic carboxylic acids is 1. The Hall–Kier alpha value is -3.93. The first-order chi connectivity index (χ1) is 18.7. The van der Waals surface area contributed by atoms with Crippen LogP contribution in [0.3, 0.4) is 0 Å². The molecule has 39 heavy (non-hydrogen) atoms. The van der Waals surface area contributed by atoms with Gasteiger partial charge in [0, 0.05) is 5.56 Å². The predicted molar refractivity (Wildman–Crippen MR) is 147 cm³/mol. The molecule has 1 aliphatic rings. The van der Waals surface area contributed by atoms with Gasteiger partial charge in [-0.25, -0.2) is 17.9 Å². The second kappa shape index (κ2) is 12.7. The Morgan fingerprint density at radius 1 is 1.05 bits per heavy atom. The molecule has 206 valence electrons. The van der Waals surface area contributed by atoms with Crippen molar-refractivity contribution < 1.29 is 27.8 Å². The van der Waals surface area contributed by atoms with Crippen molar-refractivity contribution in [1.29, 1.82) is 5.41 Å². The highest BCUT2D eigenvalue weighted by molar-refractivity contribution is 7.89. The minimum absolute atomic E-state index is 0.0524. The molecule has 4 rings (SSSR count). The number of nitrogens with two attached hydrogens (primary N) is 1. The highest BCUT2D eigenvalue weighted by Crippen LogP contribution is 2.21. The Bertz CT molecular complexity index is 1410. The van der Waals surface area contributed by atoms with E-state index in [-0.39, 0.29) is 35.4 Å². The number of carboxylic acids is 1. The molecule has 1 saturated heterocycles. The van der Waals surface area contributed by atoms with Gasteiger partial charge in [-0.05, 0) is 74.3 Å². The van der Waals surface area contributed by atoms with Crippen LogP contribution in [0.15, 0.2) is 77.7 Å². The highest BCUT2D eigenvalue weighted by Gasteiger charge is 2.26. The van der Waals surface area contributed by atoms with E-state index in [1.807, 2.05) is 24.3 Å². The number of carbonyl (C=O) groups is 1. The summed E-state index contributed by atoms with van der Waals surface area (Å²) in [6.45, 7) is 1.79. The van der Waals surface area contributed by atoms with E-state index in [9.17, 15) is 18.3 Å². The quantitative estimate of drug-likeness (QED) is 0.169. The monoisotopic (exact) mass is 552 g/mol. The molecule has 0 aliphatic carbocycles.